The van der Waals surface area contributed by atoms with Crippen LogP contribution in [0.4, 0.5) is 8.78 Å². The summed E-state index contributed by atoms with van der Waals surface area (Å²) >= 11 is 0. The Balaban J connectivity index is 0.00000338. The van der Waals surface area contributed by atoms with Gasteiger partial charge >= 0.3 is 5.76 Å². The van der Waals surface area contributed by atoms with Gasteiger partial charge in [0.2, 0.25) is 5.91 Å². The number of amides is 1. The topological polar surface area (TPSA) is 92.5 Å². The molecule has 0 unspecified atom stereocenters. The van der Waals surface area contributed by atoms with Crippen molar-refractivity contribution < 1.29 is 22.0 Å². The van der Waals surface area contributed by atoms with Gasteiger partial charge in [-0.25, -0.2) is 8.42 Å². The molecule has 1 fully saturated rings. The third kappa shape index (κ3) is 6.15. The zero-order chi connectivity index (χ0) is 18.4. The second-order valence-electron chi connectivity index (χ2n) is 6.19. The van der Waals surface area contributed by atoms with Gasteiger partial charge in [-0.3, -0.25) is 4.79 Å². The van der Waals surface area contributed by atoms with E-state index in [-0.39, 0.29) is 37.3 Å². The van der Waals surface area contributed by atoms with Gasteiger partial charge in [-0.2, -0.15) is 13.1 Å². The van der Waals surface area contributed by atoms with Gasteiger partial charge in [-0.15, -0.1) is 12.4 Å². The highest BCUT2D eigenvalue weighted by Gasteiger charge is 2.34. The Morgan fingerprint density at radius 3 is 2.35 bits per heavy atom. The van der Waals surface area contributed by atoms with E-state index in [1.54, 1.807) is 0 Å². The van der Waals surface area contributed by atoms with Crippen molar-refractivity contribution in [3.8, 4) is 0 Å². The molecule has 1 aromatic carbocycles. The first-order valence-electron chi connectivity index (χ1n) is 8.15. The second-order valence-corrected chi connectivity index (χ2v) is 8.09. The summed E-state index contributed by atoms with van der Waals surface area (Å²) in [5, 5.41) is 2.77. The van der Waals surface area contributed by atoms with E-state index >= 15 is 0 Å². The number of nitrogens with zero attached hydrogens (tertiary/aromatic N) is 1. The molecule has 0 spiro atoms. The normalized spacial score (nSPS) is 17.5. The van der Waals surface area contributed by atoms with Crippen LogP contribution >= 0.6 is 12.4 Å². The van der Waals surface area contributed by atoms with Gasteiger partial charge in [0.05, 0.1) is 6.04 Å². The molecule has 10 heteroatoms. The first kappa shape index (κ1) is 22.8. The maximum absolute atomic E-state index is 12.5. The Kier molecular flexibility index (Phi) is 8.88. The molecule has 0 aromatic heterocycles. The van der Waals surface area contributed by atoms with Crippen molar-refractivity contribution in [2.75, 3.05) is 19.6 Å². The van der Waals surface area contributed by atoms with Gasteiger partial charge in [-0.1, -0.05) is 30.3 Å². The van der Waals surface area contributed by atoms with Gasteiger partial charge in [0, 0.05) is 19.6 Å². The van der Waals surface area contributed by atoms with E-state index in [9.17, 15) is 22.0 Å². The molecule has 0 aliphatic carbocycles. The molecule has 1 aromatic rings. The highest BCUT2D eigenvalue weighted by atomic mass is 35.5. The molecular weight excluding hydrogens is 388 g/mol. The summed E-state index contributed by atoms with van der Waals surface area (Å²) in [5.41, 5.74) is 6.86. The molecule has 0 saturated carbocycles. The lowest BCUT2D eigenvalue weighted by molar-refractivity contribution is -0.122. The molecule has 1 aliphatic rings. The van der Waals surface area contributed by atoms with Gasteiger partial charge in [0.25, 0.3) is 10.0 Å². The minimum absolute atomic E-state index is 0. The Labute approximate surface area is 158 Å². The van der Waals surface area contributed by atoms with E-state index in [0.29, 0.717) is 25.8 Å². The maximum Gasteiger partial charge on any atom is 0.350 e. The maximum atomic E-state index is 12.5. The number of halogens is 3. The van der Waals surface area contributed by atoms with Crippen LogP contribution in [-0.4, -0.2) is 50.1 Å². The Morgan fingerprint density at radius 1 is 1.23 bits per heavy atom. The summed E-state index contributed by atoms with van der Waals surface area (Å²) in [7, 11) is -4.51. The number of carbonyl (C=O) groups is 1. The molecule has 1 heterocycles. The highest BCUT2D eigenvalue weighted by Crippen LogP contribution is 2.22. The average molecular weight is 412 g/mol. The zero-order valence-corrected chi connectivity index (χ0v) is 15.8. The summed E-state index contributed by atoms with van der Waals surface area (Å²) in [6.45, 7) is 0.455. The largest absolute Gasteiger partial charge is 0.354 e. The lowest BCUT2D eigenvalue weighted by Crippen LogP contribution is -2.46. The number of sulfonamides is 1. The Hall–Kier alpha value is -1.29. The number of carbonyl (C=O) groups excluding carboxylic acids is 1. The van der Waals surface area contributed by atoms with Crippen LogP contribution < -0.4 is 11.1 Å². The summed E-state index contributed by atoms with van der Waals surface area (Å²) in [5.74, 6) is -3.61. The summed E-state index contributed by atoms with van der Waals surface area (Å²) in [6, 6.07) is 8.76. The molecule has 0 bridgehead atoms. The number of benzene rings is 1. The molecule has 26 heavy (non-hydrogen) atoms. The van der Waals surface area contributed by atoms with E-state index < -0.39 is 21.8 Å². The van der Waals surface area contributed by atoms with Crippen LogP contribution in [0.2, 0.25) is 0 Å². The van der Waals surface area contributed by atoms with E-state index in [2.05, 4.69) is 5.32 Å². The van der Waals surface area contributed by atoms with Gasteiger partial charge < -0.3 is 11.1 Å². The fraction of sp³-hybridized carbons (Fsp3) is 0.562. The Morgan fingerprint density at radius 2 is 1.81 bits per heavy atom. The summed E-state index contributed by atoms with van der Waals surface area (Å²) < 4.78 is 48.7. The molecule has 1 amide bonds. The molecule has 148 valence electrons. The third-order valence-electron chi connectivity index (χ3n) is 4.36. The second kappa shape index (κ2) is 10.1. The predicted molar refractivity (Wildman–Crippen MR) is 97.6 cm³/mol. The van der Waals surface area contributed by atoms with Crippen molar-refractivity contribution in [1.29, 1.82) is 0 Å². The molecule has 1 atom stereocenters. The van der Waals surface area contributed by atoms with E-state index in [4.69, 9.17) is 5.73 Å². The molecule has 1 saturated heterocycles. The lowest BCUT2D eigenvalue weighted by Gasteiger charge is -2.31. The van der Waals surface area contributed by atoms with Crippen LogP contribution in [0.15, 0.2) is 30.3 Å². The molecule has 6 nitrogen and oxygen atoms in total. The fourth-order valence-corrected chi connectivity index (χ4v) is 3.76. The molecule has 0 radical (unpaired) electrons. The first-order chi connectivity index (χ1) is 11.8. The van der Waals surface area contributed by atoms with Crippen LogP contribution in [0.1, 0.15) is 18.4 Å². The van der Waals surface area contributed by atoms with Gasteiger partial charge in [0.1, 0.15) is 0 Å². The number of hydrogen-bond acceptors (Lipinski definition) is 4. The van der Waals surface area contributed by atoms with Crippen molar-refractivity contribution in [3.63, 3.8) is 0 Å². The van der Waals surface area contributed by atoms with Crippen molar-refractivity contribution in [3.05, 3.63) is 35.9 Å². The zero-order valence-electron chi connectivity index (χ0n) is 14.2. The van der Waals surface area contributed by atoms with E-state index in [1.165, 1.54) is 0 Å². The van der Waals surface area contributed by atoms with E-state index in [1.807, 2.05) is 30.3 Å². The molecule has 1 aliphatic heterocycles. The third-order valence-corrected chi connectivity index (χ3v) is 5.89. The molecular formula is C16H24ClF2N3O3S. The minimum Gasteiger partial charge on any atom is -0.354 e. The highest BCUT2D eigenvalue weighted by molar-refractivity contribution is 7.89. The van der Waals surface area contributed by atoms with Crippen molar-refractivity contribution >= 4 is 28.3 Å². The quantitative estimate of drug-likeness (QED) is 0.708. The summed E-state index contributed by atoms with van der Waals surface area (Å²) in [4.78, 5) is 12.1. The van der Waals surface area contributed by atoms with Crippen molar-refractivity contribution in [2.24, 2.45) is 11.7 Å². The minimum atomic E-state index is -4.51. The van der Waals surface area contributed by atoms with Gasteiger partial charge in [0.15, 0.2) is 0 Å². The number of rotatable bonds is 7. The fourth-order valence-electron chi connectivity index (χ4n) is 2.82. The van der Waals surface area contributed by atoms with Crippen molar-refractivity contribution in [1.82, 2.24) is 9.62 Å². The average Bonchev–Trinajstić information content (AvgIpc) is 2.60. The first-order valence-corrected chi connectivity index (χ1v) is 9.65. The van der Waals surface area contributed by atoms with Crippen LogP contribution in [0.25, 0.3) is 0 Å². The summed E-state index contributed by atoms with van der Waals surface area (Å²) in [6.07, 6.45) is 1.29. The molecule has 2 rings (SSSR count). The van der Waals surface area contributed by atoms with Gasteiger partial charge in [-0.05, 0) is 30.7 Å². The predicted octanol–water partition coefficient (Wildman–Crippen LogP) is 1.36. The number of nitrogens with two attached hydrogens (primary N) is 1. The SMILES string of the molecule is Cl.N[C@@H](Cc1ccccc1)C(=O)NCC1CCN(S(=O)(=O)C(F)F)CC1. The smallest absolute Gasteiger partial charge is 0.350 e. The van der Waals surface area contributed by atoms with Crippen LogP contribution in [-0.2, 0) is 21.2 Å². The lowest BCUT2D eigenvalue weighted by atomic mass is 9.98. The number of alkyl halides is 2. The number of nitrogens with one attached hydrogen (secondary N) is 1. The van der Waals surface area contributed by atoms with E-state index in [0.717, 1.165) is 9.87 Å². The van der Waals surface area contributed by atoms with Crippen molar-refractivity contribution in [2.45, 2.75) is 31.1 Å². The number of hydrogen-bond donors (Lipinski definition) is 2. The standard InChI is InChI=1S/C16H23F2N3O3S.ClH/c17-16(18)25(23,24)21-8-6-13(7-9-21)11-20-15(22)14(19)10-12-4-2-1-3-5-12;/h1-5,13-14,16H,6-11,19H2,(H,20,22);1H/t14-;/m0./s1. The van der Waals surface area contributed by atoms with Crippen LogP contribution in [0.3, 0.4) is 0 Å². The Bertz CT molecular complexity index is 669. The monoisotopic (exact) mass is 411 g/mol. The number of piperidine rings is 1. The molecule has 3 N–H and O–H groups in total. The van der Waals surface area contributed by atoms with Crippen LogP contribution in [0.5, 0.6) is 0 Å². The van der Waals surface area contributed by atoms with Crippen LogP contribution in [0, 0.1) is 5.92 Å².